The fraction of sp³-hybridized carbons (Fsp3) is 0.724. The van der Waals surface area contributed by atoms with Crippen molar-refractivity contribution in [2.75, 3.05) is 21.3 Å². The van der Waals surface area contributed by atoms with Crippen molar-refractivity contribution in [1.82, 2.24) is 0 Å². The first-order valence-corrected chi connectivity index (χ1v) is 13.7. The SMILES string of the molecule is CO[C@H]1C[C@]2(O)C3CC4[C@@H](OC(=O)c5ccccc5OC(C)=O)CC[C@H](OC)[C@@]4(C3)C3C[C@H]1[C@H](OC)[C@@]32O. The lowest BCUT2D eigenvalue weighted by atomic mass is 9.49. The topological polar surface area (TPSA) is 121 Å². The lowest BCUT2D eigenvalue weighted by Crippen LogP contribution is -2.75. The molecule has 38 heavy (non-hydrogen) atoms. The van der Waals surface area contributed by atoms with Crippen molar-refractivity contribution in [3.05, 3.63) is 29.8 Å². The lowest BCUT2D eigenvalue weighted by molar-refractivity contribution is -0.308. The predicted octanol–water partition coefficient (Wildman–Crippen LogP) is 2.50. The Balaban J connectivity index is 1.38. The molecule has 208 valence electrons. The molecule has 4 bridgehead atoms. The largest absolute Gasteiger partial charge is 0.458 e. The molecule has 0 saturated heterocycles. The number of benzene rings is 1. The first kappa shape index (κ1) is 26.2. The number of hydrogen-bond donors (Lipinski definition) is 2. The zero-order valence-corrected chi connectivity index (χ0v) is 22.4. The summed E-state index contributed by atoms with van der Waals surface area (Å²) in [4.78, 5) is 25.0. The standard InChI is InChI=1S/C29H38O9/c1-15(30)37-20-8-6-5-7-17(20)26(31)38-21-9-10-24(35-3)27-13-16(11-19(21)27)28(32)14-22(34-2)18-12-23(27)29(28,33)25(18)36-4/h5-8,16,18-19,21-25,32-33H,9-14H2,1-4H3/t16?,18-,19?,21+,22+,23?,24+,25+,27-,28+,29+/m1/s1. The van der Waals surface area contributed by atoms with Gasteiger partial charge in [-0.05, 0) is 50.2 Å². The van der Waals surface area contributed by atoms with Crippen molar-refractivity contribution in [2.24, 2.45) is 29.1 Å². The van der Waals surface area contributed by atoms with Gasteiger partial charge in [0.1, 0.15) is 28.6 Å². The summed E-state index contributed by atoms with van der Waals surface area (Å²) >= 11 is 0. The second-order valence-corrected chi connectivity index (χ2v) is 12.0. The number of ether oxygens (including phenoxy) is 5. The highest BCUT2D eigenvalue weighted by molar-refractivity contribution is 5.93. The average molecular weight is 531 g/mol. The van der Waals surface area contributed by atoms with E-state index in [0.29, 0.717) is 38.5 Å². The number of carbonyl (C=O) groups is 2. The van der Waals surface area contributed by atoms with E-state index < -0.39 is 40.8 Å². The second-order valence-electron chi connectivity index (χ2n) is 12.0. The van der Waals surface area contributed by atoms with Crippen molar-refractivity contribution in [1.29, 1.82) is 0 Å². The van der Waals surface area contributed by atoms with Gasteiger partial charge in [-0.3, -0.25) is 4.79 Å². The maximum atomic E-state index is 13.4. The van der Waals surface area contributed by atoms with Gasteiger partial charge in [-0.15, -0.1) is 0 Å². The van der Waals surface area contributed by atoms with Gasteiger partial charge in [-0.1, -0.05) is 12.1 Å². The second kappa shape index (κ2) is 8.99. The van der Waals surface area contributed by atoms with Gasteiger partial charge >= 0.3 is 11.9 Å². The van der Waals surface area contributed by atoms with Gasteiger partial charge in [0.2, 0.25) is 0 Å². The van der Waals surface area contributed by atoms with Crippen LogP contribution in [0.25, 0.3) is 0 Å². The maximum Gasteiger partial charge on any atom is 0.342 e. The molecule has 0 aromatic heterocycles. The zero-order chi connectivity index (χ0) is 27.0. The van der Waals surface area contributed by atoms with Crippen LogP contribution < -0.4 is 4.74 Å². The summed E-state index contributed by atoms with van der Waals surface area (Å²) in [6.07, 6.45) is 2.26. The highest BCUT2D eigenvalue weighted by Crippen LogP contribution is 2.76. The van der Waals surface area contributed by atoms with E-state index in [9.17, 15) is 19.8 Å². The van der Waals surface area contributed by atoms with Gasteiger partial charge in [-0.25, -0.2) is 4.79 Å². The number of hydrogen-bond acceptors (Lipinski definition) is 9. The van der Waals surface area contributed by atoms with Crippen LogP contribution in [0, 0.1) is 29.1 Å². The number of fused-ring (bicyclic) bond motifs is 3. The molecule has 5 aliphatic rings. The highest BCUT2D eigenvalue weighted by atomic mass is 16.6. The number of carbonyl (C=O) groups excluding carboxylic acids is 2. The van der Waals surface area contributed by atoms with Gasteiger partial charge in [0.05, 0.1) is 18.3 Å². The molecule has 5 aliphatic carbocycles. The van der Waals surface area contributed by atoms with E-state index in [0.717, 1.165) is 0 Å². The normalized spacial score (nSPS) is 46.4. The summed E-state index contributed by atoms with van der Waals surface area (Å²) in [6, 6.07) is 6.57. The molecule has 9 nitrogen and oxygen atoms in total. The summed E-state index contributed by atoms with van der Waals surface area (Å²) in [7, 11) is 4.97. The lowest BCUT2D eigenvalue weighted by Gasteiger charge is -2.62. The summed E-state index contributed by atoms with van der Waals surface area (Å²) in [5.74, 6) is -1.55. The van der Waals surface area contributed by atoms with Crippen molar-refractivity contribution in [3.8, 4) is 5.75 Å². The van der Waals surface area contributed by atoms with Crippen LogP contribution in [0.1, 0.15) is 55.8 Å². The third-order valence-electron chi connectivity index (χ3n) is 10.9. The van der Waals surface area contributed by atoms with Gasteiger partial charge in [0, 0.05) is 57.8 Å². The maximum absolute atomic E-state index is 13.4. The fourth-order valence-corrected chi connectivity index (χ4v) is 9.74. The summed E-state index contributed by atoms with van der Waals surface area (Å²) in [5.41, 5.74) is -3.09. The first-order chi connectivity index (χ1) is 18.1. The third-order valence-corrected chi connectivity index (χ3v) is 10.9. The van der Waals surface area contributed by atoms with E-state index in [-0.39, 0.29) is 47.2 Å². The van der Waals surface area contributed by atoms with Gasteiger partial charge < -0.3 is 33.9 Å². The van der Waals surface area contributed by atoms with Gasteiger partial charge in [-0.2, -0.15) is 0 Å². The molecule has 5 saturated carbocycles. The Labute approximate surface area is 222 Å². The Morgan fingerprint density at radius 2 is 1.71 bits per heavy atom. The minimum Gasteiger partial charge on any atom is -0.458 e. The van der Waals surface area contributed by atoms with Crippen molar-refractivity contribution in [2.45, 2.75) is 81.1 Å². The molecule has 3 unspecified atom stereocenters. The third kappa shape index (κ3) is 3.22. The van der Waals surface area contributed by atoms with Crippen LogP contribution in [0.4, 0.5) is 0 Å². The molecule has 1 aromatic rings. The Hall–Kier alpha value is -2.04. The smallest absolute Gasteiger partial charge is 0.342 e. The molecule has 0 radical (unpaired) electrons. The van der Waals surface area contributed by atoms with E-state index in [1.807, 2.05) is 0 Å². The monoisotopic (exact) mass is 530 g/mol. The number of rotatable bonds is 6. The van der Waals surface area contributed by atoms with Crippen LogP contribution in [0.3, 0.4) is 0 Å². The summed E-state index contributed by atoms with van der Waals surface area (Å²) in [5, 5.41) is 24.8. The quantitative estimate of drug-likeness (QED) is 0.422. The fourth-order valence-electron chi connectivity index (χ4n) is 9.74. The number of esters is 2. The van der Waals surface area contributed by atoms with Crippen molar-refractivity contribution in [3.63, 3.8) is 0 Å². The molecule has 9 heteroatoms. The highest BCUT2D eigenvalue weighted by Gasteiger charge is 2.83. The molecule has 2 N–H and O–H groups in total. The molecule has 6 rings (SSSR count). The predicted molar refractivity (Wildman–Crippen MR) is 133 cm³/mol. The van der Waals surface area contributed by atoms with Crippen LogP contribution in [0.5, 0.6) is 5.75 Å². The average Bonchev–Trinajstić information content (AvgIpc) is 3.42. The van der Waals surface area contributed by atoms with E-state index in [2.05, 4.69) is 0 Å². The zero-order valence-electron chi connectivity index (χ0n) is 22.4. The minimum absolute atomic E-state index is 0.0503. The van der Waals surface area contributed by atoms with Crippen molar-refractivity contribution >= 4 is 11.9 Å². The van der Waals surface area contributed by atoms with Crippen molar-refractivity contribution < 1.29 is 43.5 Å². The summed E-state index contributed by atoms with van der Waals surface area (Å²) < 4.78 is 29.3. The molecular weight excluding hydrogens is 492 g/mol. The number of aliphatic hydroxyl groups is 2. The van der Waals surface area contributed by atoms with Crippen LogP contribution >= 0.6 is 0 Å². The molecule has 1 aromatic carbocycles. The van der Waals surface area contributed by atoms with Crippen LogP contribution in [0.2, 0.25) is 0 Å². The van der Waals surface area contributed by atoms with Gasteiger partial charge in [0.15, 0.2) is 0 Å². The first-order valence-electron chi connectivity index (χ1n) is 13.7. The molecular formula is C29H38O9. The number of para-hydroxylation sites is 1. The molecule has 1 spiro atoms. The number of methoxy groups -OCH3 is 3. The molecule has 0 amide bonds. The Morgan fingerprint density at radius 3 is 2.39 bits per heavy atom. The molecule has 5 fully saturated rings. The summed E-state index contributed by atoms with van der Waals surface area (Å²) in [6.45, 7) is 1.29. The van der Waals surface area contributed by atoms with Crippen LogP contribution in [-0.2, 0) is 23.7 Å². The molecule has 0 heterocycles. The van der Waals surface area contributed by atoms with Crippen LogP contribution in [0.15, 0.2) is 24.3 Å². The molecule has 11 atom stereocenters. The van der Waals surface area contributed by atoms with E-state index in [1.54, 1.807) is 45.6 Å². The Morgan fingerprint density at radius 1 is 0.947 bits per heavy atom. The van der Waals surface area contributed by atoms with Crippen LogP contribution in [-0.4, -0.2) is 79.1 Å². The Bertz CT molecular complexity index is 1120. The van der Waals surface area contributed by atoms with E-state index >= 15 is 0 Å². The van der Waals surface area contributed by atoms with Gasteiger partial charge in [0.25, 0.3) is 0 Å². The Kier molecular flexibility index (Phi) is 6.20. The van der Waals surface area contributed by atoms with E-state index in [4.69, 9.17) is 23.7 Å². The molecule has 0 aliphatic heterocycles. The minimum atomic E-state index is -1.44. The van der Waals surface area contributed by atoms with E-state index in [1.165, 1.54) is 6.92 Å².